The molecule has 10 heteroatoms. The molecule has 4 N–H and O–H groups in total. The molecular formula is C26H34N8O2. The molecule has 3 amide bonds. The third-order valence-corrected chi connectivity index (χ3v) is 6.12. The van der Waals surface area contributed by atoms with Gasteiger partial charge in [-0.3, -0.25) is 14.7 Å². The molecule has 1 aromatic rings. The molecule has 1 saturated carbocycles. The van der Waals surface area contributed by atoms with Gasteiger partial charge >= 0.3 is 6.03 Å². The van der Waals surface area contributed by atoms with E-state index < -0.39 is 0 Å². The van der Waals surface area contributed by atoms with E-state index in [-0.39, 0.29) is 24.0 Å². The summed E-state index contributed by atoms with van der Waals surface area (Å²) in [6.07, 6.45) is 14.3. The van der Waals surface area contributed by atoms with Crippen LogP contribution in [-0.2, 0) is 11.3 Å². The Kier molecular flexibility index (Phi) is 9.15. The monoisotopic (exact) mass is 490 g/mol. The average molecular weight is 491 g/mol. The van der Waals surface area contributed by atoms with Crippen molar-refractivity contribution in [2.24, 2.45) is 10.7 Å². The van der Waals surface area contributed by atoms with Gasteiger partial charge in [-0.05, 0) is 37.3 Å². The van der Waals surface area contributed by atoms with E-state index in [1.807, 2.05) is 6.08 Å². The molecule has 1 aliphatic carbocycles. The van der Waals surface area contributed by atoms with Gasteiger partial charge in [0.1, 0.15) is 5.82 Å². The van der Waals surface area contributed by atoms with Crippen LogP contribution in [0.2, 0.25) is 0 Å². The number of carbonyl (C=O) groups is 2. The van der Waals surface area contributed by atoms with Crippen LogP contribution in [0.1, 0.15) is 31.2 Å². The van der Waals surface area contributed by atoms with Crippen LogP contribution in [0, 0.1) is 0 Å². The van der Waals surface area contributed by atoms with Crippen LogP contribution in [0.4, 0.5) is 16.6 Å². The minimum atomic E-state index is -0.217. The van der Waals surface area contributed by atoms with Gasteiger partial charge in [0.15, 0.2) is 0 Å². The second kappa shape index (κ2) is 12.5. The van der Waals surface area contributed by atoms with Crippen molar-refractivity contribution in [2.75, 3.05) is 23.8 Å². The van der Waals surface area contributed by atoms with Crippen molar-refractivity contribution in [3.63, 3.8) is 0 Å². The van der Waals surface area contributed by atoms with Crippen molar-refractivity contribution in [3.05, 3.63) is 73.3 Å². The van der Waals surface area contributed by atoms with Gasteiger partial charge in [-0.1, -0.05) is 38.0 Å². The standard InChI is InChI=1S/C26H34N8O2/c1-5-9-18(6-2)16-33-17-19-14-29-25(31-21(13-27)15-28-4)32-24(19)34(26(33)36)22-11-8-10-20(12-22)30-23(35)7-3/h5-7,9,13-15,20,22H,1-3,8,10-12,16-17,27H2,4H3,(H,30,35)(H,29,31,32)/b18-9+,21-13+,28-15?. The van der Waals surface area contributed by atoms with Gasteiger partial charge in [-0.2, -0.15) is 4.98 Å². The number of allylic oxidation sites excluding steroid dienone is 3. The third-order valence-electron chi connectivity index (χ3n) is 6.12. The summed E-state index contributed by atoms with van der Waals surface area (Å²) in [5.41, 5.74) is 7.90. The first kappa shape index (κ1) is 26.4. The topological polar surface area (TPSA) is 129 Å². The summed E-state index contributed by atoms with van der Waals surface area (Å²) in [7, 11) is 1.64. The van der Waals surface area contributed by atoms with Crippen molar-refractivity contribution in [1.29, 1.82) is 0 Å². The van der Waals surface area contributed by atoms with E-state index in [2.05, 4.69) is 40.3 Å². The predicted molar refractivity (Wildman–Crippen MR) is 143 cm³/mol. The Morgan fingerprint density at radius 1 is 1.31 bits per heavy atom. The van der Waals surface area contributed by atoms with Crippen LogP contribution in [0.15, 0.2) is 72.7 Å². The molecular weight excluding hydrogens is 456 g/mol. The second-order valence-corrected chi connectivity index (χ2v) is 8.60. The van der Waals surface area contributed by atoms with Gasteiger partial charge in [0.25, 0.3) is 0 Å². The molecule has 190 valence electrons. The number of nitrogens with two attached hydrogens (primary N) is 1. The van der Waals surface area contributed by atoms with Crippen molar-refractivity contribution in [1.82, 2.24) is 20.2 Å². The van der Waals surface area contributed by atoms with Crippen LogP contribution in [0.5, 0.6) is 0 Å². The first-order valence-corrected chi connectivity index (χ1v) is 11.9. The van der Waals surface area contributed by atoms with Crippen LogP contribution < -0.4 is 21.3 Å². The van der Waals surface area contributed by atoms with Crippen LogP contribution in [0.25, 0.3) is 0 Å². The zero-order valence-corrected chi connectivity index (χ0v) is 20.7. The molecule has 2 unspecified atom stereocenters. The van der Waals surface area contributed by atoms with Crippen molar-refractivity contribution in [2.45, 2.75) is 44.3 Å². The molecule has 1 aromatic heterocycles. The predicted octanol–water partition coefficient (Wildman–Crippen LogP) is 3.04. The Hall–Kier alpha value is -4.21. The van der Waals surface area contributed by atoms with Gasteiger partial charge < -0.3 is 21.3 Å². The first-order chi connectivity index (χ1) is 17.4. The molecule has 36 heavy (non-hydrogen) atoms. The Labute approximate surface area is 212 Å². The SMILES string of the molecule is C=C/C=C(\C=C)CN1Cc2cnc(N/C(C=NC)=C/N)nc2N(C2CCCC(NC(=O)C=C)C2)C1=O. The molecule has 1 aliphatic heterocycles. The Balaban J connectivity index is 1.98. The lowest BCUT2D eigenvalue weighted by molar-refractivity contribution is -0.117. The quantitative estimate of drug-likeness (QED) is 0.263. The van der Waals surface area contributed by atoms with E-state index >= 15 is 0 Å². The van der Waals surface area contributed by atoms with E-state index in [0.717, 1.165) is 30.4 Å². The smallest absolute Gasteiger partial charge is 0.326 e. The number of hydrogen-bond acceptors (Lipinski definition) is 7. The molecule has 2 heterocycles. The Bertz CT molecular complexity index is 1110. The average Bonchev–Trinajstić information content (AvgIpc) is 2.88. The van der Waals surface area contributed by atoms with Gasteiger partial charge in [0, 0.05) is 49.9 Å². The minimum absolute atomic E-state index is 0.0581. The molecule has 0 bridgehead atoms. The van der Waals surface area contributed by atoms with Crippen LogP contribution in [0.3, 0.4) is 0 Å². The number of nitrogens with zero attached hydrogens (tertiary/aromatic N) is 5. The van der Waals surface area contributed by atoms with E-state index in [0.29, 0.717) is 37.0 Å². The summed E-state index contributed by atoms with van der Waals surface area (Å²) in [6.45, 7) is 11.9. The number of aliphatic imine (C=N–C) groups is 1. The molecule has 3 rings (SSSR count). The number of carbonyl (C=O) groups excluding carboxylic acids is 2. The largest absolute Gasteiger partial charge is 0.403 e. The highest BCUT2D eigenvalue weighted by Crippen LogP contribution is 2.34. The summed E-state index contributed by atoms with van der Waals surface area (Å²) < 4.78 is 0. The molecule has 0 radical (unpaired) electrons. The summed E-state index contributed by atoms with van der Waals surface area (Å²) in [4.78, 5) is 42.4. The maximum Gasteiger partial charge on any atom is 0.326 e. The van der Waals surface area contributed by atoms with E-state index in [1.165, 1.54) is 12.3 Å². The lowest BCUT2D eigenvalue weighted by Gasteiger charge is -2.43. The highest BCUT2D eigenvalue weighted by Gasteiger charge is 2.39. The number of nitrogens with one attached hydrogen (secondary N) is 2. The van der Waals surface area contributed by atoms with Crippen LogP contribution >= 0.6 is 0 Å². The van der Waals surface area contributed by atoms with E-state index in [4.69, 9.17) is 10.7 Å². The molecule has 0 spiro atoms. The summed E-state index contributed by atoms with van der Waals surface area (Å²) in [5, 5.41) is 6.02. The zero-order chi connectivity index (χ0) is 26.1. The highest BCUT2D eigenvalue weighted by atomic mass is 16.2. The second-order valence-electron chi connectivity index (χ2n) is 8.60. The Morgan fingerprint density at radius 3 is 2.78 bits per heavy atom. The van der Waals surface area contributed by atoms with E-state index in [9.17, 15) is 9.59 Å². The van der Waals surface area contributed by atoms with Gasteiger partial charge in [0.2, 0.25) is 11.9 Å². The van der Waals surface area contributed by atoms with Crippen molar-refractivity contribution >= 4 is 29.9 Å². The number of hydrogen-bond donors (Lipinski definition) is 3. The molecule has 10 nitrogen and oxygen atoms in total. The van der Waals surface area contributed by atoms with E-state index in [1.54, 1.807) is 41.4 Å². The summed E-state index contributed by atoms with van der Waals surface area (Å²) >= 11 is 0. The minimum Gasteiger partial charge on any atom is -0.403 e. The number of anilines is 2. The highest BCUT2D eigenvalue weighted by molar-refractivity contribution is 5.95. The first-order valence-electron chi connectivity index (χ1n) is 11.9. The zero-order valence-electron chi connectivity index (χ0n) is 20.7. The summed E-state index contributed by atoms with van der Waals surface area (Å²) in [5.74, 6) is 0.639. The maximum atomic E-state index is 13.8. The fourth-order valence-corrected chi connectivity index (χ4v) is 4.48. The number of urea groups is 1. The van der Waals surface area contributed by atoms with Crippen molar-refractivity contribution < 1.29 is 9.59 Å². The maximum absolute atomic E-state index is 13.8. The summed E-state index contributed by atoms with van der Waals surface area (Å²) in [6, 6.07) is -0.366. The lowest BCUT2D eigenvalue weighted by Crippen LogP contribution is -2.55. The number of aromatic nitrogens is 2. The Morgan fingerprint density at radius 2 is 2.11 bits per heavy atom. The third kappa shape index (κ3) is 6.26. The molecule has 0 aromatic carbocycles. The van der Waals surface area contributed by atoms with Gasteiger partial charge in [-0.15, -0.1) is 0 Å². The number of amides is 3. The molecule has 1 fully saturated rings. The normalized spacial score (nSPS) is 20.6. The number of fused-ring (bicyclic) bond motifs is 1. The number of rotatable bonds is 10. The molecule has 2 atom stereocenters. The fourth-order valence-electron chi connectivity index (χ4n) is 4.48. The van der Waals surface area contributed by atoms with Gasteiger partial charge in [-0.25, -0.2) is 9.78 Å². The van der Waals surface area contributed by atoms with Gasteiger partial charge in [0.05, 0.1) is 12.2 Å². The molecule has 2 aliphatic rings. The van der Waals surface area contributed by atoms with Crippen LogP contribution in [-0.4, -0.2) is 58.7 Å². The molecule has 0 saturated heterocycles. The fraction of sp³-hybridized carbons (Fsp3) is 0.346. The lowest BCUT2D eigenvalue weighted by atomic mass is 9.89. The van der Waals surface area contributed by atoms with Crippen molar-refractivity contribution in [3.8, 4) is 0 Å².